The zero-order chi connectivity index (χ0) is 18.9. The van der Waals surface area contributed by atoms with Crippen molar-refractivity contribution in [3.05, 3.63) is 64.2 Å². The van der Waals surface area contributed by atoms with E-state index in [4.69, 9.17) is 4.74 Å². The van der Waals surface area contributed by atoms with Gasteiger partial charge in [0.1, 0.15) is 11.8 Å². The molecule has 8 nitrogen and oxygen atoms in total. The Morgan fingerprint density at radius 1 is 1.31 bits per heavy atom. The van der Waals surface area contributed by atoms with Crippen LogP contribution in [0.4, 0.5) is 11.4 Å². The number of benzene rings is 2. The van der Waals surface area contributed by atoms with Crippen molar-refractivity contribution in [1.29, 1.82) is 0 Å². The smallest absolute Gasteiger partial charge is 0.270 e. The van der Waals surface area contributed by atoms with Gasteiger partial charge in [-0.15, -0.1) is 0 Å². The average Bonchev–Trinajstić information content (AvgIpc) is 2.63. The van der Waals surface area contributed by atoms with Crippen molar-refractivity contribution in [3.8, 4) is 5.75 Å². The minimum Gasteiger partial charge on any atom is -0.494 e. The van der Waals surface area contributed by atoms with Crippen LogP contribution in [0.2, 0.25) is 0 Å². The summed E-state index contributed by atoms with van der Waals surface area (Å²) < 4.78 is 5.36. The van der Waals surface area contributed by atoms with Gasteiger partial charge in [-0.05, 0) is 38.1 Å². The minimum absolute atomic E-state index is 0.0363. The number of carbonyl (C=O) groups is 1. The number of hydrogen-bond acceptors (Lipinski definition) is 6. The maximum Gasteiger partial charge on any atom is 0.270 e. The average molecular weight is 356 g/mol. The van der Waals surface area contributed by atoms with Crippen LogP contribution >= 0.6 is 0 Å². The predicted octanol–water partition coefficient (Wildman–Crippen LogP) is 2.94. The van der Waals surface area contributed by atoms with Crippen LogP contribution in [0, 0.1) is 10.1 Å². The number of anilines is 1. The topological polar surface area (TPSA) is 106 Å². The van der Waals surface area contributed by atoms with Crippen molar-refractivity contribution in [2.24, 2.45) is 5.10 Å². The third-order valence-electron chi connectivity index (χ3n) is 3.41. The number of nitro benzene ring substituents is 1. The monoisotopic (exact) mass is 356 g/mol. The lowest BCUT2D eigenvalue weighted by atomic mass is 10.2. The van der Waals surface area contributed by atoms with Crippen molar-refractivity contribution >= 4 is 23.5 Å². The van der Waals surface area contributed by atoms with E-state index in [2.05, 4.69) is 15.8 Å². The summed E-state index contributed by atoms with van der Waals surface area (Å²) in [6.45, 7) is 4.20. The number of non-ortho nitro benzene ring substituents is 1. The summed E-state index contributed by atoms with van der Waals surface area (Å²) in [5.74, 6) is 0.428. The molecule has 136 valence electrons. The molecule has 0 radical (unpaired) electrons. The van der Waals surface area contributed by atoms with Gasteiger partial charge in [0, 0.05) is 23.4 Å². The molecule has 2 aromatic carbocycles. The van der Waals surface area contributed by atoms with E-state index in [9.17, 15) is 14.9 Å². The van der Waals surface area contributed by atoms with E-state index in [1.54, 1.807) is 19.1 Å². The van der Waals surface area contributed by atoms with E-state index in [-0.39, 0.29) is 11.6 Å². The fourth-order valence-corrected chi connectivity index (χ4v) is 2.12. The summed E-state index contributed by atoms with van der Waals surface area (Å²) in [6.07, 6.45) is 1.36. The Hall–Kier alpha value is -3.42. The van der Waals surface area contributed by atoms with Crippen molar-refractivity contribution in [2.75, 3.05) is 11.9 Å². The maximum absolute atomic E-state index is 12.1. The highest BCUT2D eigenvalue weighted by atomic mass is 16.6. The van der Waals surface area contributed by atoms with E-state index in [0.717, 1.165) is 11.4 Å². The number of hydrogen-bond donors (Lipinski definition) is 2. The Balaban J connectivity index is 1.88. The molecular weight excluding hydrogens is 336 g/mol. The highest BCUT2D eigenvalue weighted by molar-refractivity contribution is 5.86. The lowest BCUT2D eigenvalue weighted by molar-refractivity contribution is -0.384. The Morgan fingerprint density at radius 3 is 2.69 bits per heavy atom. The Morgan fingerprint density at radius 2 is 2.04 bits per heavy atom. The number of ether oxygens (including phenoxy) is 1. The van der Waals surface area contributed by atoms with Crippen LogP contribution in [0.3, 0.4) is 0 Å². The lowest BCUT2D eigenvalue weighted by Gasteiger charge is -2.13. The highest BCUT2D eigenvalue weighted by Gasteiger charge is 2.11. The maximum atomic E-state index is 12.1. The van der Waals surface area contributed by atoms with E-state index in [0.29, 0.717) is 12.2 Å². The number of rotatable bonds is 8. The normalized spacial score (nSPS) is 11.8. The van der Waals surface area contributed by atoms with E-state index in [1.165, 1.54) is 18.3 Å². The van der Waals surface area contributed by atoms with E-state index in [1.807, 2.05) is 31.2 Å². The van der Waals surface area contributed by atoms with Gasteiger partial charge in [0.15, 0.2) is 0 Å². The van der Waals surface area contributed by atoms with Gasteiger partial charge in [0.25, 0.3) is 11.6 Å². The molecule has 0 saturated heterocycles. The standard InChI is InChI=1S/C18H20N4O4/c1-3-26-17-9-7-15(8-10-17)20-13(2)18(23)21-19-12-14-5-4-6-16(11-14)22(24)25/h4-13,20H,3H2,1-2H3,(H,21,23)/b19-12-/t13-/m0/s1. The second-order valence-corrected chi connectivity index (χ2v) is 5.41. The van der Waals surface area contributed by atoms with Crippen LogP contribution in [0.15, 0.2) is 53.6 Å². The van der Waals surface area contributed by atoms with Gasteiger partial charge < -0.3 is 10.1 Å². The first kappa shape index (κ1) is 18.9. The fraction of sp³-hybridized carbons (Fsp3) is 0.222. The Labute approximate surface area is 151 Å². The molecule has 0 fully saturated rings. The van der Waals surface area contributed by atoms with Gasteiger partial charge in [0.05, 0.1) is 17.7 Å². The zero-order valence-electron chi connectivity index (χ0n) is 14.5. The molecule has 0 aromatic heterocycles. The van der Waals surface area contributed by atoms with Crippen molar-refractivity contribution < 1.29 is 14.5 Å². The summed E-state index contributed by atoms with van der Waals surface area (Å²) in [6, 6.07) is 12.7. The summed E-state index contributed by atoms with van der Waals surface area (Å²) in [5, 5.41) is 17.6. The number of carbonyl (C=O) groups excluding carboxylic acids is 1. The van der Waals surface area contributed by atoms with Crippen molar-refractivity contribution in [3.63, 3.8) is 0 Å². The number of amides is 1. The van der Waals surface area contributed by atoms with Crippen LogP contribution in [-0.2, 0) is 4.79 Å². The van der Waals surface area contributed by atoms with Gasteiger partial charge in [-0.2, -0.15) is 5.10 Å². The molecule has 0 heterocycles. The molecule has 2 rings (SSSR count). The SMILES string of the molecule is CCOc1ccc(N[C@@H](C)C(=O)N/N=C\c2cccc([N+](=O)[O-])c2)cc1. The summed E-state index contributed by atoms with van der Waals surface area (Å²) in [5.41, 5.74) is 3.67. The largest absolute Gasteiger partial charge is 0.494 e. The second kappa shape index (κ2) is 9.16. The van der Waals surface area contributed by atoms with Gasteiger partial charge in [0.2, 0.25) is 0 Å². The van der Waals surface area contributed by atoms with Crippen LogP contribution in [0.25, 0.3) is 0 Å². The molecule has 0 aliphatic heterocycles. The number of hydrazone groups is 1. The summed E-state index contributed by atoms with van der Waals surface area (Å²) in [4.78, 5) is 22.3. The molecule has 1 amide bonds. The van der Waals surface area contributed by atoms with Gasteiger partial charge in [-0.25, -0.2) is 5.43 Å². The third-order valence-corrected chi connectivity index (χ3v) is 3.41. The summed E-state index contributed by atoms with van der Waals surface area (Å²) in [7, 11) is 0. The lowest BCUT2D eigenvalue weighted by Crippen LogP contribution is -2.34. The molecule has 0 unspecified atom stereocenters. The molecule has 8 heteroatoms. The van der Waals surface area contributed by atoms with E-state index >= 15 is 0 Å². The molecule has 0 saturated carbocycles. The molecule has 2 aromatic rings. The Kier molecular flexibility index (Phi) is 6.67. The van der Waals surface area contributed by atoms with Crippen LogP contribution < -0.4 is 15.5 Å². The number of nitrogens with one attached hydrogen (secondary N) is 2. The molecular formula is C18H20N4O4. The van der Waals surface area contributed by atoms with Crippen molar-refractivity contribution in [1.82, 2.24) is 5.43 Å². The van der Waals surface area contributed by atoms with Crippen LogP contribution in [0.1, 0.15) is 19.4 Å². The fourth-order valence-electron chi connectivity index (χ4n) is 2.12. The van der Waals surface area contributed by atoms with Crippen molar-refractivity contribution in [2.45, 2.75) is 19.9 Å². The highest BCUT2D eigenvalue weighted by Crippen LogP contribution is 2.16. The zero-order valence-corrected chi connectivity index (χ0v) is 14.5. The molecule has 2 N–H and O–H groups in total. The first-order valence-electron chi connectivity index (χ1n) is 8.06. The minimum atomic E-state index is -0.518. The summed E-state index contributed by atoms with van der Waals surface area (Å²) >= 11 is 0. The first-order valence-corrected chi connectivity index (χ1v) is 8.06. The molecule has 0 bridgehead atoms. The molecule has 0 aliphatic rings. The second-order valence-electron chi connectivity index (χ2n) is 5.41. The van der Waals surface area contributed by atoms with Crippen LogP contribution in [-0.4, -0.2) is 29.7 Å². The number of nitrogens with zero attached hydrogens (tertiary/aromatic N) is 2. The van der Waals surface area contributed by atoms with Crippen LogP contribution in [0.5, 0.6) is 5.75 Å². The Bertz CT molecular complexity index is 790. The quantitative estimate of drug-likeness (QED) is 0.430. The van der Waals surface area contributed by atoms with Gasteiger partial charge in [-0.1, -0.05) is 12.1 Å². The third kappa shape index (κ3) is 5.59. The predicted molar refractivity (Wildman–Crippen MR) is 99.5 cm³/mol. The number of nitro groups is 1. The van der Waals surface area contributed by atoms with E-state index < -0.39 is 11.0 Å². The van der Waals surface area contributed by atoms with Gasteiger partial charge in [-0.3, -0.25) is 14.9 Å². The molecule has 26 heavy (non-hydrogen) atoms. The molecule has 0 spiro atoms. The van der Waals surface area contributed by atoms with Gasteiger partial charge >= 0.3 is 0 Å². The molecule has 0 aliphatic carbocycles. The first-order chi connectivity index (χ1) is 12.5. The molecule has 1 atom stereocenters.